The van der Waals surface area contributed by atoms with Crippen molar-refractivity contribution in [3.8, 4) is 23.1 Å². The van der Waals surface area contributed by atoms with Crippen molar-refractivity contribution in [2.45, 2.75) is 51.0 Å². The minimum absolute atomic E-state index is 0.0284. The third-order valence-electron chi connectivity index (χ3n) is 7.34. The summed E-state index contributed by atoms with van der Waals surface area (Å²) in [6.45, 7) is 3.41. The molecule has 11 heteroatoms. The molecule has 0 N–H and O–H groups in total. The standard InChI is InChI=1S/C27H28BrF2N7O/c1-17-15-36(16-31-17)23-8-7-22(32-26(23)38-2)24-33-25-19(4-3-11-37(25)34-24)20-14-18(5-6-21(20)28)35-12-9-27(29,30)10-13-35/h5-8,14-16,19H,3-4,9-13H2,1-2H3/t19-/m1/s1. The van der Waals surface area contributed by atoms with E-state index in [1.54, 1.807) is 13.4 Å². The topological polar surface area (TPSA) is 73.9 Å². The Morgan fingerprint density at radius 1 is 1.08 bits per heavy atom. The number of imidazole rings is 1. The number of nitrogens with zero attached hydrogens (tertiary/aromatic N) is 7. The van der Waals surface area contributed by atoms with Crippen LogP contribution in [0.15, 0.2) is 47.3 Å². The Bertz CT molecular complexity index is 1470. The molecule has 0 amide bonds. The van der Waals surface area contributed by atoms with Gasteiger partial charge in [0.15, 0.2) is 5.82 Å². The van der Waals surface area contributed by atoms with Crippen molar-refractivity contribution < 1.29 is 13.5 Å². The first-order chi connectivity index (χ1) is 18.3. The average molecular weight is 584 g/mol. The van der Waals surface area contributed by atoms with Crippen molar-refractivity contribution >= 4 is 21.6 Å². The van der Waals surface area contributed by atoms with E-state index in [0.29, 0.717) is 30.5 Å². The van der Waals surface area contributed by atoms with Crippen LogP contribution in [0.5, 0.6) is 5.88 Å². The van der Waals surface area contributed by atoms with Crippen molar-refractivity contribution in [1.82, 2.24) is 29.3 Å². The minimum Gasteiger partial charge on any atom is -0.479 e. The Morgan fingerprint density at radius 2 is 1.89 bits per heavy atom. The number of aryl methyl sites for hydroxylation is 2. The number of anilines is 1. The zero-order valence-electron chi connectivity index (χ0n) is 21.2. The predicted molar refractivity (Wildman–Crippen MR) is 143 cm³/mol. The maximum absolute atomic E-state index is 13.7. The number of fused-ring (bicyclic) bond motifs is 1. The molecule has 0 saturated carbocycles. The number of pyridine rings is 1. The summed E-state index contributed by atoms with van der Waals surface area (Å²) in [7, 11) is 1.59. The molecule has 38 heavy (non-hydrogen) atoms. The van der Waals surface area contributed by atoms with E-state index in [2.05, 4.69) is 27.0 Å². The fourth-order valence-corrected chi connectivity index (χ4v) is 5.82. The Kier molecular flexibility index (Phi) is 6.41. The number of halogens is 3. The van der Waals surface area contributed by atoms with Crippen molar-refractivity contribution in [2.75, 3.05) is 25.1 Å². The van der Waals surface area contributed by atoms with Gasteiger partial charge in [0.25, 0.3) is 5.92 Å². The van der Waals surface area contributed by atoms with Gasteiger partial charge in [-0.2, -0.15) is 0 Å². The van der Waals surface area contributed by atoms with Gasteiger partial charge in [-0.15, -0.1) is 5.10 Å². The van der Waals surface area contributed by atoms with Crippen molar-refractivity contribution in [3.63, 3.8) is 0 Å². The van der Waals surface area contributed by atoms with Crippen LogP contribution in [0.3, 0.4) is 0 Å². The monoisotopic (exact) mass is 583 g/mol. The molecule has 0 aliphatic carbocycles. The first kappa shape index (κ1) is 25.0. The smallest absolute Gasteiger partial charge is 0.251 e. The molecule has 6 rings (SSSR count). The van der Waals surface area contributed by atoms with E-state index in [-0.39, 0.29) is 18.8 Å². The van der Waals surface area contributed by atoms with Crippen LogP contribution in [0.1, 0.15) is 48.7 Å². The van der Waals surface area contributed by atoms with Gasteiger partial charge in [0.1, 0.15) is 17.2 Å². The predicted octanol–water partition coefficient (Wildman–Crippen LogP) is 5.77. The third kappa shape index (κ3) is 4.68. The molecule has 1 fully saturated rings. The summed E-state index contributed by atoms with van der Waals surface area (Å²) in [6.07, 6.45) is 5.30. The normalized spacial score (nSPS) is 18.9. The molecule has 0 unspecified atom stereocenters. The minimum atomic E-state index is -2.57. The van der Waals surface area contributed by atoms with Crippen LogP contribution in [0, 0.1) is 6.92 Å². The van der Waals surface area contributed by atoms with Gasteiger partial charge in [0.05, 0.1) is 19.1 Å². The van der Waals surface area contributed by atoms with Gasteiger partial charge in [0.2, 0.25) is 5.88 Å². The van der Waals surface area contributed by atoms with E-state index in [9.17, 15) is 8.78 Å². The molecule has 8 nitrogen and oxygen atoms in total. The molecule has 5 heterocycles. The maximum Gasteiger partial charge on any atom is 0.251 e. The number of ether oxygens (including phenoxy) is 1. The number of benzene rings is 1. The Hall–Kier alpha value is -3.34. The van der Waals surface area contributed by atoms with Gasteiger partial charge in [-0.3, -0.25) is 0 Å². The van der Waals surface area contributed by atoms with Crippen LogP contribution in [-0.4, -0.2) is 55.4 Å². The number of methoxy groups -OCH3 is 1. The van der Waals surface area contributed by atoms with E-state index in [1.807, 2.05) is 51.5 Å². The molecule has 0 spiro atoms. The van der Waals surface area contributed by atoms with Crippen LogP contribution >= 0.6 is 15.9 Å². The van der Waals surface area contributed by atoms with Gasteiger partial charge in [-0.1, -0.05) is 15.9 Å². The van der Waals surface area contributed by atoms with Gasteiger partial charge < -0.3 is 14.2 Å². The number of hydrogen-bond donors (Lipinski definition) is 0. The highest BCUT2D eigenvalue weighted by Crippen LogP contribution is 2.40. The summed E-state index contributed by atoms with van der Waals surface area (Å²) in [5, 5.41) is 4.80. The number of piperidine rings is 1. The molecule has 1 saturated heterocycles. The van der Waals surface area contributed by atoms with Crippen molar-refractivity contribution in [2.24, 2.45) is 0 Å². The highest BCUT2D eigenvalue weighted by Gasteiger charge is 2.35. The van der Waals surface area contributed by atoms with E-state index in [4.69, 9.17) is 19.8 Å². The maximum atomic E-state index is 13.7. The fraction of sp³-hybridized carbons (Fsp3) is 0.407. The fourth-order valence-electron chi connectivity index (χ4n) is 5.30. The van der Waals surface area contributed by atoms with Crippen LogP contribution in [0.2, 0.25) is 0 Å². The lowest BCUT2D eigenvalue weighted by Gasteiger charge is -2.34. The molecular weight excluding hydrogens is 556 g/mol. The molecule has 3 aromatic heterocycles. The van der Waals surface area contributed by atoms with Crippen LogP contribution in [-0.2, 0) is 6.54 Å². The molecular formula is C27H28BrF2N7O. The van der Waals surface area contributed by atoms with E-state index >= 15 is 0 Å². The third-order valence-corrected chi connectivity index (χ3v) is 8.06. The van der Waals surface area contributed by atoms with Crippen molar-refractivity contribution in [3.05, 3.63) is 64.4 Å². The second kappa shape index (κ2) is 9.76. The Morgan fingerprint density at radius 3 is 2.63 bits per heavy atom. The molecule has 1 atom stereocenters. The molecule has 2 aliphatic heterocycles. The van der Waals surface area contributed by atoms with Crippen LogP contribution < -0.4 is 9.64 Å². The number of alkyl halides is 2. The summed E-state index contributed by atoms with van der Waals surface area (Å²) >= 11 is 3.73. The average Bonchev–Trinajstić information content (AvgIpc) is 3.55. The summed E-state index contributed by atoms with van der Waals surface area (Å²) < 4.78 is 37.8. The van der Waals surface area contributed by atoms with E-state index < -0.39 is 5.92 Å². The van der Waals surface area contributed by atoms with E-state index in [1.165, 1.54) is 0 Å². The van der Waals surface area contributed by atoms with Gasteiger partial charge >= 0.3 is 0 Å². The highest BCUT2D eigenvalue weighted by molar-refractivity contribution is 9.10. The lowest BCUT2D eigenvalue weighted by molar-refractivity contribution is -0.0220. The first-order valence-electron chi connectivity index (χ1n) is 12.7. The summed E-state index contributed by atoms with van der Waals surface area (Å²) in [5.74, 6) is -0.654. The first-order valence-corrected chi connectivity index (χ1v) is 13.5. The Balaban J connectivity index is 1.32. The molecule has 2 aliphatic rings. The molecule has 198 valence electrons. The molecule has 4 aromatic rings. The lowest BCUT2D eigenvalue weighted by Crippen LogP contribution is -2.39. The second-order valence-electron chi connectivity index (χ2n) is 9.91. The number of rotatable bonds is 5. The van der Waals surface area contributed by atoms with Crippen molar-refractivity contribution in [1.29, 1.82) is 0 Å². The molecule has 0 bridgehead atoms. The zero-order chi connectivity index (χ0) is 26.4. The second-order valence-corrected chi connectivity index (χ2v) is 10.8. The zero-order valence-corrected chi connectivity index (χ0v) is 22.8. The molecule has 1 aromatic carbocycles. The summed E-state index contributed by atoms with van der Waals surface area (Å²) in [4.78, 5) is 16.0. The van der Waals surface area contributed by atoms with Crippen LogP contribution in [0.4, 0.5) is 14.5 Å². The van der Waals surface area contributed by atoms with E-state index in [0.717, 1.165) is 52.3 Å². The highest BCUT2D eigenvalue weighted by atomic mass is 79.9. The van der Waals surface area contributed by atoms with Gasteiger partial charge in [-0.25, -0.2) is 28.4 Å². The summed E-state index contributed by atoms with van der Waals surface area (Å²) in [5.41, 5.74) is 4.38. The Labute approximate surface area is 227 Å². The summed E-state index contributed by atoms with van der Waals surface area (Å²) in [6, 6.07) is 9.95. The lowest BCUT2D eigenvalue weighted by atomic mass is 9.90. The number of hydrogen-bond acceptors (Lipinski definition) is 6. The number of aromatic nitrogens is 6. The molecule has 0 radical (unpaired) electrons. The SMILES string of the molecule is COc1nc(-c2nc3n(n2)CCC[C@@H]3c2cc(N3CCC(F)(F)CC3)ccc2Br)ccc1-n1cnc(C)c1. The van der Waals surface area contributed by atoms with Crippen LogP contribution in [0.25, 0.3) is 17.2 Å². The van der Waals surface area contributed by atoms with Gasteiger partial charge in [-0.05, 0) is 55.7 Å². The largest absolute Gasteiger partial charge is 0.479 e. The van der Waals surface area contributed by atoms with Gasteiger partial charge in [0, 0.05) is 54.8 Å². The quantitative estimate of drug-likeness (QED) is 0.297.